The van der Waals surface area contributed by atoms with E-state index < -0.39 is 0 Å². The van der Waals surface area contributed by atoms with Gasteiger partial charge in [0.15, 0.2) is 0 Å². The van der Waals surface area contributed by atoms with Crippen LogP contribution in [0.3, 0.4) is 0 Å². The van der Waals surface area contributed by atoms with Crippen LogP contribution in [-0.4, -0.2) is 25.0 Å². The average molecular weight is 200 g/mol. The first-order chi connectivity index (χ1) is 6.70. The van der Waals surface area contributed by atoms with Crippen molar-refractivity contribution < 1.29 is 4.79 Å². The molecule has 14 heavy (non-hydrogen) atoms. The lowest BCUT2D eigenvalue weighted by atomic mass is 10.1. The highest BCUT2D eigenvalue weighted by atomic mass is 16.1. The topological polar surface area (TPSA) is 41.1 Å². The highest BCUT2D eigenvalue weighted by Crippen LogP contribution is 2.03. The summed E-state index contributed by atoms with van der Waals surface area (Å²) in [5.74, 6) is 0.0495. The molecule has 1 atom stereocenters. The van der Waals surface area contributed by atoms with Crippen LogP contribution in [0.25, 0.3) is 0 Å². The molecule has 0 bridgehead atoms. The van der Waals surface area contributed by atoms with Gasteiger partial charge in [0.2, 0.25) is 5.91 Å². The van der Waals surface area contributed by atoms with E-state index in [4.69, 9.17) is 0 Å². The van der Waals surface area contributed by atoms with E-state index in [1.807, 2.05) is 0 Å². The van der Waals surface area contributed by atoms with Gasteiger partial charge in [0, 0.05) is 26.1 Å². The fourth-order valence-electron chi connectivity index (χ4n) is 1.42. The smallest absolute Gasteiger partial charge is 0.216 e. The zero-order valence-electron chi connectivity index (χ0n) is 9.73. The van der Waals surface area contributed by atoms with Gasteiger partial charge in [-0.2, -0.15) is 0 Å². The SMILES string of the molecule is CCCCC(CC)NCCNC(C)=O. The largest absolute Gasteiger partial charge is 0.355 e. The van der Waals surface area contributed by atoms with Crippen LogP contribution in [0.4, 0.5) is 0 Å². The third-order valence-electron chi connectivity index (χ3n) is 2.33. The van der Waals surface area contributed by atoms with Crippen LogP contribution in [0.5, 0.6) is 0 Å². The molecule has 0 radical (unpaired) electrons. The average Bonchev–Trinajstić information content (AvgIpc) is 2.16. The monoisotopic (exact) mass is 200 g/mol. The first-order valence-electron chi connectivity index (χ1n) is 5.68. The Bertz CT molecular complexity index is 148. The summed E-state index contributed by atoms with van der Waals surface area (Å²) in [6, 6.07) is 0.615. The van der Waals surface area contributed by atoms with Crippen LogP contribution < -0.4 is 10.6 Å². The van der Waals surface area contributed by atoms with Crippen molar-refractivity contribution in [2.45, 2.75) is 52.5 Å². The van der Waals surface area contributed by atoms with Gasteiger partial charge >= 0.3 is 0 Å². The van der Waals surface area contributed by atoms with Gasteiger partial charge in [0.25, 0.3) is 0 Å². The summed E-state index contributed by atoms with van der Waals surface area (Å²) in [6.45, 7) is 7.57. The highest BCUT2D eigenvalue weighted by molar-refractivity contribution is 5.72. The van der Waals surface area contributed by atoms with E-state index in [1.54, 1.807) is 6.92 Å². The zero-order valence-corrected chi connectivity index (χ0v) is 9.73. The summed E-state index contributed by atoms with van der Waals surface area (Å²) >= 11 is 0. The van der Waals surface area contributed by atoms with Crippen LogP contribution in [0, 0.1) is 0 Å². The summed E-state index contributed by atoms with van der Waals surface area (Å²) in [6.07, 6.45) is 4.95. The Morgan fingerprint density at radius 1 is 1.29 bits per heavy atom. The first kappa shape index (κ1) is 13.4. The van der Waals surface area contributed by atoms with Gasteiger partial charge in [-0.1, -0.05) is 26.7 Å². The molecule has 0 aliphatic carbocycles. The van der Waals surface area contributed by atoms with Gasteiger partial charge in [-0.15, -0.1) is 0 Å². The van der Waals surface area contributed by atoms with Crippen molar-refractivity contribution in [3.8, 4) is 0 Å². The van der Waals surface area contributed by atoms with Crippen LogP contribution in [0.2, 0.25) is 0 Å². The molecule has 3 heteroatoms. The van der Waals surface area contributed by atoms with Crippen molar-refractivity contribution >= 4 is 5.91 Å². The maximum Gasteiger partial charge on any atom is 0.216 e. The highest BCUT2D eigenvalue weighted by Gasteiger charge is 2.03. The van der Waals surface area contributed by atoms with Crippen LogP contribution in [0.15, 0.2) is 0 Å². The lowest BCUT2D eigenvalue weighted by Crippen LogP contribution is -2.36. The second-order valence-corrected chi connectivity index (χ2v) is 3.68. The molecular formula is C11H24N2O. The molecule has 84 valence electrons. The van der Waals surface area contributed by atoms with E-state index in [-0.39, 0.29) is 5.91 Å². The molecule has 0 aliphatic rings. The van der Waals surface area contributed by atoms with Gasteiger partial charge in [-0.05, 0) is 12.8 Å². The standard InChI is InChI=1S/C11H24N2O/c1-4-6-7-11(5-2)13-9-8-12-10(3)14/h11,13H,4-9H2,1-3H3,(H,12,14). The number of carbonyl (C=O) groups is 1. The maximum absolute atomic E-state index is 10.6. The third-order valence-corrected chi connectivity index (χ3v) is 2.33. The molecule has 0 spiro atoms. The Balaban J connectivity index is 3.37. The Morgan fingerprint density at radius 3 is 2.50 bits per heavy atom. The Hall–Kier alpha value is -0.570. The maximum atomic E-state index is 10.6. The molecule has 0 heterocycles. The number of unbranched alkanes of at least 4 members (excludes halogenated alkanes) is 1. The molecule has 0 aliphatic heterocycles. The second-order valence-electron chi connectivity index (χ2n) is 3.68. The van der Waals surface area contributed by atoms with Gasteiger partial charge < -0.3 is 10.6 Å². The number of amides is 1. The fourth-order valence-corrected chi connectivity index (χ4v) is 1.42. The summed E-state index contributed by atoms with van der Waals surface area (Å²) in [4.78, 5) is 10.6. The minimum Gasteiger partial charge on any atom is -0.355 e. The number of nitrogens with one attached hydrogen (secondary N) is 2. The van der Waals surface area contributed by atoms with E-state index >= 15 is 0 Å². The van der Waals surface area contributed by atoms with Crippen molar-refractivity contribution in [2.24, 2.45) is 0 Å². The molecule has 3 nitrogen and oxygen atoms in total. The summed E-state index contributed by atoms with van der Waals surface area (Å²) in [7, 11) is 0. The third kappa shape index (κ3) is 8.05. The zero-order chi connectivity index (χ0) is 10.8. The minimum absolute atomic E-state index is 0.0495. The summed E-state index contributed by atoms with van der Waals surface area (Å²) in [5.41, 5.74) is 0. The van der Waals surface area contributed by atoms with E-state index in [1.165, 1.54) is 25.7 Å². The molecule has 2 N–H and O–H groups in total. The molecule has 0 saturated heterocycles. The lowest BCUT2D eigenvalue weighted by molar-refractivity contribution is -0.118. The molecular weight excluding hydrogens is 176 g/mol. The van der Waals surface area contributed by atoms with Crippen molar-refractivity contribution in [3.05, 3.63) is 0 Å². The molecule has 1 amide bonds. The van der Waals surface area contributed by atoms with E-state index in [2.05, 4.69) is 24.5 Å². The molecule has 0 saturated carbocycles. The molecule has 0 aromatic carbocycles. The van der Waals surface area contributed by atoms with Gasteiger partial charge in [-0.3, -0.25) is 4.79 Å². The Morgan fingerprint density at radius 2 is 2.00 bits per heavy atom. The lowest BCUT2D eigenvalue weighted by Gasteiger charge is -2.16. The molecule has 1 unspecified atom stereocenters. The van der Waals surface area contributed by atoms with E-state index in [0.717, 1.165) is 13.1 Å². The van der Waals surface area contributed by atoms with Crippen LogP contribution >= 0.6 is 0 Å². The summed E-state index contributed by atoms with van der Waals surface area (Å²) in [5, 5.41) is 6.22. The van der Waals surface area contributed by atoms with E-state index in [0.29, 0.717) is 6.04 Å². The first-order valence-corrected chi connectivity index (χ1v) is 5.68. The molecule has 0 aromatic heterocycles. The van der Waals surface area contributed by atoms with E-state index in [9.17, 15) is 4.79 Å². The molecule has 0 aromatic rings. The van der Waals surface area contributed by atoms with Gasteiger partial charge in [-0.25, -0.2) is 0 Å². The van der Waals surface area contributed by atoms with Crippen molar-refractivity contribution in [3.63, 3.8) is 0 Å². The Labute approximate surface area is 87.6 Å². The predicted octanol–water partition coefficient (Wildman–Crippen LogP) is 1.68. The van der Waals surface area contributed by atoms with Crippen LogP contribution in [0.1, 0.15) is 46.5 Å². The number of carbonyl (C=O) groups excluding carboxylic acids is 1. The fraction of sp³-hybridized carbons (Fsp3) is 0.909. The van der Waals surface area contributed by atoms with Crippen molar-refractivity contribution in [2.75, 3.05) is 13.1 Å². The normalized spacial score (nSPS) is 12.5. The number of rotatable bonds is 8. The van der Waals surface area contributed by atoms with Crippen LogP contribution in [-0.2, 0) is 4.79 Å². The quantitative estimate of drug-likeness (QED) is 0.585. The number of hydrogen-bond acceptors (Lipinski definition) is 2. The van der Waals surface area contributed by atoms with Crippen molar-refractivity contribution in [1.82, 2.24) is 10.6 Å². The minimum atomic E-state index is 0.0495. The summed E-state index contributed by atoms with van der Waals surface area (Å²) < 4.78 is 0. The number of hydrogen-bond donors (Lipinski definition) is 2. The van der Waals surface area contributed by atoms with Crippen molar-refractivity contribution in [1.29, 1.82) is 0 Å². The van der Waals surface area contributed by atoms with Gasteiger partial charge in [0.1, 0.15) is 0 Å². The van der Waals surface area contributed by atoms with Gasteiger partial charge in [0.05, 0.1) is 0 Å². The Kier molecular flexibility index (Phi) is 8.64. The molecule has 0 rings (SSSR count). The second kappa shape index (κ2) is 9.00. The predicted molar refractivity (Wildman–Crippen MR) is 60.3 cm³/mol. The molecule has 0 fully saturated rings.